The number of sulfonamides is 1. The van der Waals surface area contributed by atoms with Crippen LogP contribution in [-0.2, 0) is 19.6 Å². The average Bonchev–Trinajstić information content (AvgIpc) is 2.72. The van der Waals surface area contributed by atoms with Gasteiger partial charge in [-0.15, -0.1) is 0 Å². The van der Waals surface area contributed by atoms with Gasteiger partial charge >= 0.3 is 5.97 Å². The van der Waals surface area contributed by atoms with E-state index in [1.807, 2.05) is 6.07 Å². The van der Waals surface area contributed by atoms with Crippen LogP contribution in [0.5, 0.6) is 0 Å². The Balaban J connectivity index is 2.04. The molecule has 0 aliphatic carbocycles. The summed E-state index contributed by atoms with van der Waals surface area (Å²) in [6, 6.07) is 7.64. The topological polar surface area (TPSA) is 117 Å². The van der Waals surface area contributed by atoms with Gasteiger partial charge in [0, 0.05) is 13.1 Å². The van der Waals surface area contributed by atoms with E-state index in [2.05, 4.69) is 5.32 Å². The van der Waals surface area contributed by atoms with Gasteiger partial charge in [-0.3, -0.25) is 4.79 Å². The molecule has 0 radical (unpaired) electrons. The number of carbonyl (C=O) groups excluding carboxylic acids is 2. The second-order valence-electron chi connectivity index (χ2n) is 7.59. The second-order valence-corrected chi connectivity index (χ2v) is 9.52. The SMILES string of the molecule is CC(C)[C@@](C)(C#N)NC(=O)COC(=O)c1cccc(S(=O)(=O)N2CCCCC2)c1. The third-order valence-electron chi connectivity index (χ3n) is 5.14. The molecule has 1 aliphatic heterocycles. The highest BCUT2D eigenvalue weighted by atomic mass is 32.2. The Morgan fingerprint density at radius 1 is 1.28 bits per heavy atom. The lowest BCUT2D eigenvalue weighted by atomic mass is 9.90. The van der Waals surface area contributed by atoms with Crippen molar-refractivity contribution in [2.24, 2.45) is 5.92 Å². The van der Waals surface area contributed by atoms with Crippen molar-refractivity contribution in [2.45, 2.75) is 50.5 Å². The molecule has 0 aromatic heterocycles. The Kier molecular flexibility index (Phi) is 7.38. The predicted octanol–water partition coefficient (Wildman–Crippen LogP) is 2.07. The first-order valence-corrected chi connectivity index (χ1v) is 11.0. The Morgan fingerprint density at radius 2 is 1.93 bits per heavy atom. The third kappa shape index (κ3) is 5.55. The number of hydrogen-bond acceptors (Lipinski definition) is 6. The molecule has 0 bridgehead atoms. The van der Waals surface area contributed by atoms with Gasteiger partial charge in [0.05, 0.1) is 16.5 Å². The predicted molar refractivity (Wildman–Crippen MR) is 106 cm³/mol. The lowest BCUT2D eigenvalue weighted by molar-refractivity contribution is -0.125. The van der Waals surface area contributed by atoms with Gasteiger partial charge in [-0.2, -0.15) is 9.57 Å². The number of carbonyl (C=O) groups is 2. The summed E-state index contributed by atoms with van der Waals surface area (Å²) in [5.41, 5.74) is -1.03. The number of ether oxygens (including phenoxy) is 1. The van der Waals surface area contributed by atoms with Crippen molar-refractivity contribution in [1.29, 1.82) is 5.26 Å². The summed E-state index contributed by atoms with van der Waals surface area (Å²) >= 11 is 0. The summed E-state index contributed by atoms with van der Waals surface area (Å²) < 4.78 is 31.9. The summed E-state index contributed by atoms with van der Waals surface area (Å²) in [6.07, 6.45) is 2.63. The molecule has 29 heavy (non-hydrogen) atoms. The molecule has 1 saturated heterocycles. The second kappa shape index (κ2) is 9.37. The molecule has 1 aromatic carbocycles. The molecule has 0 spiro atoms. The van der Waals surface area contributed by atoms with Crippen LogP contribution in [0.15, 0.2) is 29.2 Å². The summed E-state index contributed by atoms with van der Waals surface area (Å²) in [4.78, 5) is 24.4. The number of nitrogens with zero attached hydrogens (tertiary/aromatic N) is 2. The van der Waals surface area contributed by atoms with Crippen molar-refractivity contribution >= 4 is 21.9 Å². The van der Waals surface area contributed by atoms with E-state index in [1.54, 1.807) is 20.8 Å². The fraction of sp³-hybridized carbons (Fsp3) is 0.550. The van der Waals surface area contributed by atoms with Crippen LogP contribution in [0.3, 0.4) is 0 Å². The highest BCUT2D eigenvalue weighted by Crippen LogP contribution is 2.21. The number of nitriles is 1. The van der Waals surface area contributed by atoms with E-state index in [0.717, 1.165) is 19.3 Å². The van der Waals surface area contributed by atoms with Crippen LogP contribution in [0.1, 0.15) is 50.4 Å². The number of benzene rings is 1. The van der Waals surface area contributed by atoms with Crippen molar-refractivity contribution in [2.75, 3.05) is 19.7 Å². The van der Waals surface area contributed by atoms with E-state index < -0.39 is 34.0 Å². The molecule has 1 fully saturated rings. The first kappa shape index (κ1) is 22.8. The standard InChI is InChI=1S/C20H27N3O5S/c1-15(2)20(3,14-21)22-18(24)13-28-19(25)16-8-7-9-17(12-16)29(26,27)23-10-5-4-6-11-23/h7-9,12,15H,4-6,10-11,13H2,1-3H3,(H,22,24)/t20-/m1/s1. The molecule has 1 amide bonds. The van der Waals surface area contributed by atoms with Crippen LogP contribution in [0.2, 0.25) is 0 Å². The summed E-state index contributed by atoms with van der Waals surface area (Å²) in [5, 5.41) is 11.8. The van der Waals surface area contributed by atoms with Gasteiger partial charge in [0.2, 0.25) is 10.0 Å². The van der Waals surface area contributed by atoms with Crippen LogP contribution in [-0.4, -0.2) is 49.8 Å². The minimum atomic E-state index is -3.68. The maximum atomic E-state index is 12.8. The van der Waals surface area contributed by atoms with Gasteiger partial charge in [0.1, 0.15) is 5.54 Å². The van der Waals surface area contributed by atoms with Crippen molar-refractivity contribution in [3.63, 3.8) is 0 Å². The third-order valence-corrected chi connectivity index (χ3v) is 7.04. The van der Waals surface area contributed by atoms with Gasteiger partial charge in [-0.1, -0.05) is 26.3 Å². The van der Waals surface area contributed by atoms with E-state index in [9.17, 15) is 23.3 Å². The Hall–Kier alpha value is -2.44. The van der Waals surface area contributed by atoms with Crippen molar-refractivity contribution in [3.8, 4) is 6.07 Å². The molecule has 1 aromatic rings. The molecule has 8 nitrogen and oxygen atoms in total. The Labute approximate surface area is 171 Å². The highest BCUT2D eigenvalue weighted by molar-refractivity contribution is 7.89. The van der Waals surface area contributed by atoms with Gasteiger partial charge in [-0.25, -0.2) is 13.2 Å². The van der Waals surface area contributed by atoms with Crippen molar-refractivity contribution < 1.29 is 22.7 Å². The fourth-order valence-electron chi connectivity index (χ4n) is 2.88. The van der Waals surface area contributed by atoms with E-state index in [-0.39, 0.29) is 16.4 Å². The zero-order valence-electron chi connectivity index (χ0n) is 17.0. The largest absolute Gasteiger partial charge is 0.452 e. The first-order valence-electron chi connectivity index (χ1n) is 9.60. The summed E-state index contributed by atoms with van der Waals surface area (Å²) in [7, 11) is -3.68. The fourth-order valence-corrected chi connectivity index (χ4v) is 4.44. The molecule has 2 rings (SSSR count). The quantitative estimate of drug-likeness (QED) is 0.674. The Bertz CT molecular complexity index is 901. The normalized spacial score (nSPS) is 17.2. The highest BCUT2D eigenvalue weighted by Gasteiger charge is 2.30. The van der Waals surface area contributed by atoms with E-state index in [1.165, 1.54) is 28.6 Å². The number of rotatable bonds is 7. The minimum absolute atomic E-state index is 0.0233. The van der Waals surface area contributed by atoms with E-state index in [4.69, 9.17) is 4.74 Å². The average molecular weight is 422 g/mol. The zero-order valence-corrected chi connectivity index (χ0v) is 17.8. The Morgan fingerprint density at radius 3 is 2.52 bits per heavy atom. The molecule has 1 heterocycles. The smallest absolute Gasteiger partial charge is 0.338 e. The molecule has 158 valence electrons. The number of amides is 1. The molecular weight excluding hydrogens is 394 g/mol. The van der Waals surface area contributed by atoms with Crippen molar-refractivity contribution in [1.82, 2.24) is 9.62 Å². The summed E-state index contributed by atoms with van der Waals surface area (Å²) in [5.74, 6) is -1.55. The first-order chi connectivity index (χ1) is 13.6. The number of piperidine rings is 1. The van der Waals surface area contributed by atoms with E-state index >= 15 is 0 Å². The molecule has 0 unspecified atom stereocenters. The van der Waals surface area contributed by atoms with Gasteiger partial charge < -0.3 is 10.1 Å². The van der Waals surface area contributed by atoms with Crippen LogP contribution < -0.4 is 5.32 Å². The number of nitrogens with one attached hydrogen (secondary N) is 1. The van der Waals surface area contributed by atoms with Crippen molar-refractivity contribution in [3.05, 3.63) is 29.8 Å². The maximum absolute atomic E-state index is 12.8. The monoisotopic (exact) mass is 421 g/mol. The summed E-state index contributed by atoms with van der Waals surface area (Å²) in [6.45, 7) is 5.54. The minimum Gasteiger partial charge on any atom is -0.452 e. The molecule has 1 atom stereocenters. The lowest BCUT2D eigenvalue weighted by Gasteiger charge is -2.27. The lowest BCUT2D eigenvalue weighted by Crippen LogP contribution is -2.50. The van der Waals surface area contributed by atoms with E-state index in [0.29, 0.717) is 13.1 Å². The zero-order chi connectivity index (χ0) is 21.7. The van der Waals surface area contributed by atoms with Gasteiger partial charge in [-0.05, 0) is 43.9 Å². The van der Waals surface area contributed by atoms with Crippen LogP contribution in [0, 0.1) is 17.2 Å². The molecular formula is C20H27N3O5S. The van der Waals surface area contributed by atoms with Crippen LogP contribution in [0.25, 0.3) is 0 Å². The van der Waals surface area contributed by atoms with Gasteiger partial charge in [0.25, 0.3) is 5.91 Å². The molecule has 0 saturated carbocycles. The maximum Gasteiger partial charge on any atom is 0.338 e. The number of hydrogen-bond donors (Lipinski definition) is 1. The molecule has 1 N–H and O–H groups in total. The van der Waals surface area contributed by atoms with Gasteiger partial charge in [0.15, 0.2) is 6.61 Å². The number of esters is 1. The van der Waals surface area contributed by atoms with Crippen LogP contribution in [0.4, 0.5) is 0 Å². The molecule has 1 aliphatic rings. The molecule has 9 heteroatoms. The van der Waals surface area contributed by atoms with Crippen LogP contribution >= 0.6 is 0 Å².